The maximum atomic E-state index is 9.57. The molecule has 1 aromatic heterocycles. The van der Waals surface area contributed by atoms with Crippen molar-refractivity contribution in [1.29, 1.82) is 0 Å². The van der Waals surface area contributed by atoms with Crippen LogP contribution in [0.3, 0.4) is 0 Å². The Hall–Kier alpha value is -0.590. The molecule has 0 bridgehead atoms. The van der Waals surface area contributed by atoms with Gasteiger partial charge in [0.05, 0.1) is 7.11 Å². The Morgan fingerprint density at radius 2 is 2.30 bits per heavy atom. The molecule has 0 amide bonds. The number of ether oxygens (including phenoxy) is 1. The highest BCUT2D eigenvalue weighted by atomic mass is 35.5. The average Bonchev–Trinajstić information content (AvgIpc) is 2.73. The summed E-state index contributed by atoms with van der Waals surface area (Å²) < 4.78 is 5.32. The first-order valence-corrected chi connectivity index (χ1v) is 7.30. The van der Waals surface area contributed by atoms with Gasteiger partial charge in [0.1, 0.15) is 22.3 Å². The summed E-state index contributed by atoms with van der Waals surface area (Å²) in [6, 6.07) is 1.68. The number of rotatable bonds is 3. The van der Waals surface area contributed by atoms with Crippen molar-refractivity contribution in [2.24, 2.45) is 5.41 Å². The molecule has 1 aromatic rings. The molecule has 0 saturated carbocycles. The van der Waals surface area contributed by atoms with E-state index in [1.54, 1.807) is 13.2 Å². The lowest BCUT2D eigenvalue weighted by atomic mass is 9.78. The summed E-state index contributed by atoms with van der Waals surface area (Å²) in [5, 5.41) is 13.4. The van der Waals surface area contributed by atoms with Crippen LogP contribution in [0.15, 0.2) is 6.07 Å². The monoisotopic (exact) mass is 317 g/mol. The first-order chi connectivity index (χ1) is 9.51. The third-order valence-corrected chi connectivity index (χ3v) is 4.57. The predicted octanol–water partition coefficient (Wildman–Crippen LogP) is 1.51. The van der Waals surface area contributed by atoms with Gasteiger partial charge < -0.3 is 9.84 Å². The summed E-state index contributed by atoms with van der Waals surface area (Å²) in [5.74, 6) is 0.667. The zero-order chi connectivity index (χ0) is 14.3. The molecule has 0 radical (unpaired) electrons. The zero-order valence-electron chi connectivity index (χ0n) is 11.2. The molecule has 3 heterocycles. The van der Waals surface area contributed by atoms with Crippen LogP contribution >= 0.6 is 23.2 Å². The second-order valence-corrected chi connectivity index (χ2v) is 6.41. The van der Waals surface area contributed by atoms with E-state index in [0.717, 1.165) is 31.6 Å². The van der Waals surface area contributed by atoms with E-state index in [9.17, 15) is 5.11 Å². The minimum Gasteiger partial charge on any atom is -0.496 e. The molecule has 0 aromatic carbocycles. The highest BCUT2D eigenvalue weighted by Gasteiger charge is 2.47. The van der Waals surface area contributed by atoms with Gasteiger partial charge in [-0.05, 0) is 6.42 Å². The van der Waals surface area contributed by atoms with Crippen LogP contribution in [0.1, 0.15) is 12.0 Å². The van der Waals surface area contributed by atoms with Gasteiger partial charge in [-0.1, -0.05) is 23.2 Å². The van der Waals surface area contributed by atoms with Crippen molar-refractivity contribution in [2.75, 3.05) is 26.7 Å². The van der Waals surface area contributed by atoms with Crippen molar-refractivity contribution in [3.05, 3.63) is 21.9 Å². The van der Waals surface area contributed by atoms with E-state index >= 15 is 0 Å². The van der Waals surface area contributed by atoms with Crippen LogP contribution in [-0.2, 0) is 6.54 Å². The Balaban J connectivity index is 1.68. The van der Waals surface area contributed by atoms with Gasteiger partial charge >= 0.3 is 0 Å². The minimum absolute atomic E-state index is 0.207. The van der Waals surface area contributed by atoms with Crippen LogP contribution in [0.2, 0.25) is 10.3 Å². The Labute approximate surface area is 127 Å². The SMILES string of the molecule is COc1cc(Cl)nc(Cl)c1CN1CC2(CNC(O)C2)C1. The van der Waals surface area contributed by atoms with Crippen LogP contribution in [0.4, 0.5) is 0 Å². The number of likely N-dealkylation sites (tertiary alicyclic amines) is 1. The van der Waals surface area contributed by atoms with Crippen LogP contribution < -0.4 is 10.1 Å². The molecular formula is C13H17Cl2N3O2. The molecule has 2 aliphatic heterocycles. The van der Waals surface area contributed by atoms with E-state index in [4.69, 9.17) is 27.9 Å². The fourth-order valence-corrected chi connectivity index (χ4v) is 3.65. The maximum absolute atomic E-state index is 9.57. The molecule has 2 saturated heterocycles. The second-order valence-electron chi connectivity index (χ2n) is 5.66. The normalized spacial score (nSPS) is 24.9. The lowest BCUT2D eigenvalue weighted by molar-refractivity contribution is -0.00139. The van der Waals surface area contributed by atoms with Gasteiger partial charge in [0, 0.05) is 43.2 Å². The third kappa shape index (κ3) is 2.61. The van der Waals surface area contributed by atoms with Crippen molar-refractivity contribution < 1.29 is 9.84 Å². The molecule has 7 heteroatoms. The van der Waals surface area contributed by atoms with E-state index in [1.807, 2.05) is 0 Å². The van der Waals surface area contributed by atoms with E-state index in [-0.39, 0.29) is 11.6 Å². The smallest absolute Gasteiger partial charge is 0.139 e. The van der Waals surface area contributed by atoms with Gasteiger partial charge in [0.25, 0.3) is 0 Å². The summed E-state index contributed by atoms with van der Waals surface area (Å²) in [4.78, 5) is 6.34. The average molecular weight is 318 g/mol. The predicted molar refractivity (Wildman–Crippen MR) is 77.1 cm³/mol. The van der Waals surface area contributed by atoms with Crippen LogP contribution in [-0.4, -0.2) is 48.0 Å². The summed E-state index contributed by atoms with van der Waals surface area (Å²) in [6.07, 6.45) is 0.445. The van der Waals surface area contributed by atoms with E-state index in [0.29, 0.717) is 22.6 Å². The summed E-state index contributed by atoms with van der Waals surface area (Å²) in [5.41, 5.74) is 1.07. The number of methoxy groups -OCH3 is 1. The number of halogens is 2. The molecule has 20 heavy (non-hydrogen) atoms. The molecule has 0 aliphatic carbocycles. The summed E-state index contributed by atoms with van der Waals surface area (Å²) in [7, 11) is 1.60. The molecule has 1 atom stereocenters. The number of aliphatic hydroxyl groups excluding tert-OH is 1. The van der Waals surface area contributed by atoms with Crippen molar-refractivity contribution >= 4 is 23.2 Å². The molecule has 1 spiro atoms. The zero-order valence-corrected chi connectivity index (χ0v) is 12.7. The standard InChI is InChI=1S/C13H17Cl2N3O2/c1-20-9-2-10(14)17-12(15)8(9)4-18-6-13(7-18)3-11(19)16-5-13/h2,11,16,19H,3-7H2,1H3. The Morgan fingerprint density at radius 1 is 1.55 bits per heavy atom. The number of nitrogens with one attached hydrogen (secondary N) is 1. The van der Waals surface area contributed by atoms with Crippen LogP contribution in [0, 0.1) is 5.41 Å². The van der Waals surface area contributed by atoms with E-state index < -0.39 is 0 Å². The van der Waals surface area contributed by atoms with Crippen molar-refractivity contribution in [1.82, 2.24) is 15.2 Å². The molecular weight excluding hydrogens is 301 g/mol. The molecule has 110 valence electrons. The Bertz CT molecular complexity index is 521. The number of hydrogen-bond donors (Lipinski definition) is 2. The highest BCUT2D eigenvalue weighted by molar-refractivity contribution is 6.33. The van der Waals surface area contributed by atoms with E-state index in [2.05, 4.69) is 15.2 Å². The number of aromatic nitrogens is 1. The summed E-state index contributed by atoms with van der Waals surface area (Å²) >= 11 is 12.0. The van der Waals surface area contributed by atoms with Gasteiger partial charge in [0.2, 0.25) is 0 Å². The van der Waals surface area contributed by atoms with Crippen LogP contribution in [0.5, 0.6) is 5.75 Å². The van der Waals surface area contributed by atoms with Gasteiger partial charge in [-0.25, -0.2) is 4.98 Å². The first-order valence-electron chi connectivity index (χ1n) is 6.54. The van der Waals surface area contributed by atoms with Gasteiger partial charge in [-0.2, -0.15) is 0 Å². The fourth-order valence-electron chi connectivity index (χ4n) is 3.18. The second kappa shape index (κ2) is 5.31. The molecule has 2 aliphatic rings. The largest absolute Gasteiger partial charge is 0.496 e. The molecule has 2 N–H and O–H groups in total. The molecule has 3 rings (SSSR count). The van der Waals surface area contributed by atoms with E-state index in [1.165, 1.54) is 0 Å². The van der Waals surface area contributed by atoms with Crippen molar-refractivity contribution in [2.45, 2.75) is 19.2 Å². The number of pyridine rings is 1. The van der Waals surface area contributed by atoms with Crippen LogP contribution in [0.25, 0.3) is 0 Å². The molecule has 5 nitrogen and oxygen atoms in total. The topological polar surface area (TPSA) is 57.6 Å². The third-order valence-electron chi connectivity index (χ3n) is 4.06. The Morgan fingerprint density at radius 3 is 2.90 bits per heavy atom. The summed E-state index contributed by atoms with van der Waals surface area (Å²) in [6.45, 7) is 3.44. The lowest BCUT2D eigenvalue weighted by Crippen LogP contribution is -2.56. The number of aliphatic hydroxyl groups is 1. The van der Waals surface area contributed by atoms with Gasteiger partial charge in [0.15, 0.2) is 0 Å². The quantitative estimate of drug-likeness (QED) is 0.828. The van der Waals surface area contributed by atoms with Crippen molar-refractivity contribution in [3.8, 4) is 5.75 Å². The van der Waals surface area contributed by atoms with Gasteiger partial charge in [-0.15, -0.1) is 0 Å². The Kier molecular flexibility index (Phi) is 3.81. The maximum Gasteiger partial charge on any atom is 0.139 e. The van der Waals surface area contributed by atoms with Gasteiger partial charge in [-0.3, -0.25) is 10.2 Å². The highest BCUT2D eigenvalue weighted by Crippen LogP contribution is 2.40. The lowest BCUT2D eigenvalue weighted by Gasteiger charge is -2.48. The fraction of sp³-hybridized carbons (Fsp3) is 0.615. The first kappa shape index (κ1) is 14.4. The van der Waals surface area contributed by atoms with Crippen molar-refractivity contribution in [3.63, 3.8) is 0 Å². The molecule has 2 fully saturated rings. The number of hydrogen-bond acceptors (Lipinski definition) is 5. The molecule has 1 unspecified atom stereocenters. The number of nitrogens with zero attached hydrogens (tertiary/aromatic N) is 2. The minimum atomic E-state index is -0.368.